The highest BCUT2D eigenvalue weighted by atomic mass is 16.5. The van der Waals surface area contributed by atoms with Crippen LogP contribution in [-0.4, -0.2) is 61.0 Å². The first kappa shape index (κ1) is 18.9. The van der Waals surface area contributed by atoms with Gasteiger partial charge >= 0.3 is 5.97 Å². The van der Waals surface area contributed by atoms with Crippen LogP contribution in [0.3, 0.4) is 0 Å². The van der Waals surface area contributed by atoms with E-state index in [4.69, 9.17) is 9.47 Å². The normalized spacial score (nSPS) is 10.5. The molecular weight excluding hydrogens is 300 g/mol. The maximum atomic E-state index is 12.6. The zero-order valence-electron chi connectivity index (χ0n) is 14.6. The molecule has 1 amide bonds. The summed E-state index contributed by atoms with van der Waals surface area (Å²) in [4.78, 5) is 37.9. The van der Waals surface area contributed by atoms with Crippen LogP contribution in [0.1, 0.15) is 39.0 Å². The van der Waals surface area contributed by atoms with Crippen LogP contribution in [0.2, 0.25) is 0 Å². The lowest BCUT2D eigenvalue weighted by molar-refractivity contribution is -0.134. The van der Waals surface area contributed by atoms with Gasteiger partial charge in [0.15, 0.2) is 5.78 Å². The predicted octanol–water partition coefficient (Wildman–Crippen LogP) is 1.11. The molecule has 0 aliphatic rings. The van der Waals surface area contributed by atoms with Crippen LogP contribution in [0.5, 0.6) is 0 Å². The number of ketones is 1. The molecule has 0 radical (unpaired) electrons. The van der Waals surface area contributed by atoms with Gasteiger partial charge < -0.3 is 18.9 Å². The highest BCUT2D eigenvalue weighted by Gasteiger charge is 2.26. The molecule has 1 rings (SSSR count). The van der Waals surface area contributed by atoms with Gasteiger partial charge in [0.2, 0.25) is 5.91 Å². The third-order valence-corrected chi connectivity index (χ3v) is 3.92. The van der Waals surface area contributed by atoms with Crippen molar-refractivity contribution < 1.29 is 23.9 Å². The van der Waals surface area contributed by atoms with Crippen molar-refractivity contribution in [3.05, 3.63) is 22.5 Å². The summed E-state index contributed by atoms with van der Waals surface area (Å²) in [5.74, 6) is -0.949. The smallest absolute Gasteiger partial charge is 0.354 e. The minimum Gasteiger partial charge on any atom is -0.464 e. The molecule has 0 saturated carbocycles. The van der Waals surface area contributed by atoms with Gasteiger partial charge in [-0.25, -0.2) is 4.79 Å². The molecule has 0 fully saturated rings. The molecule has 7 nitrogen and oxygen atoms in total. The van der Waals surface area contributed by atoms with Crippen molar-refractivity contribution >= 4 is 17.7 Å². The van der Waals surface area contributed by atoms with E-state index in [0.717, 1.165) is 0 Å². The first-order valence-electron chi connectivity index (χ1n) is 7.34. The van der Waals surface area contributed by atoms with Crippen molar-refractivity contribution in [1.29, 1.82) is 0 Å². The number of carbonyl (C=O) groups excluding carboxylic acids is 3. The van der Waals surface area contributed by atoms with E-state index in [-0.39, 0.29) is 24.8 Å². The van der Waals surface area contributed by atoms with Crippen molar-refractivity contribution in [3.8, 4) is 0 Å². The third kappa shape index (κ3) is 3.79. The summed E-state index contributed by atoms with van der Waals surface area (Å²) < 4.78 is 11.2. The Morgan fingerprint density at radius 2 is 1.78 bits per heavy atom. The van der Waals surface area contributed by atoms with Gasteiger partial charge in [-0.1, -0.05) is 0 Å². The van der Waals surface area contributed by atoms with E-state index in [1.165, 1.54) is 19.1 Å². The van der Waals surface area contributed by atoms with Gasteiger partial charge in [-0.05, 0) is 26.3 Å². The molecule has 0 saturated heterocycles. The van der Waals surface area contributed by atoms with Crippen molar-refractivity contribution in [2.45, 2.75) is 20.8 Å². The van der Waals surface area contributed by atoms with E-state index in [1.54, 1.807) is 32.4 Å². The molecule has 0 unspecified atom stereocenters. The number of ether oxygens (including phenoxy) is 2. The molecule has 1 heterocycles. The second-order valence-electron chi connectivity index (χ2n) is 5.25. The molecule has 0 aliphatic carbocycles. The summed E-state index contributed by atoms with van der Waals surface area (Å²) in [7, 11) is 4.44. The molecule has 0 spiro atoms. The molecule has 0 bridgehead atoms. The Bertz CT molecular complexity index is 618. The average Bonchev–Trinajstić information content (AvgIpc) is 2.74. The zero-order chi connectivity index (χ0) is 17.7. The van der Waals surface area contributed by atoms with Gasteiger partial charge in [-0.2, -0.15) is 0 Å². The molecule has 1 aromatic rings. The minimum absolute atomic E-state index is 0.0506. The molecule has 0 aromatic carbocycles. The molecule has 128 valence electrons. The van der Waals surface area contributed by atoms with Gasteiger partial charge in [0.25, 0.3) is 0 Å². The van der Waals surface area contributed by atoms with E-state index in [2.05, 4.69) is 0 Å². The van der Waals surface area contributed by atoms with Gasteiger partial charge in [-0.3, -0.25) is 9.59 Å². The summed E-state index contributed by atoms with van der Waals surface area (Å²) in [6, 6.07) is 0. The summed E-state index contributed by atoms with van der Waals surface area (Å²) in [5, 5.41) is 0. The second kappa shape index (κ2) is 7.92. The van der Waals surface area contributed by atoms with Crippen LogP contribution in [0.25, 0.3) is 0 Å². The van der Waals surface area contributed by atoms with Crippen LogP contribution in [0.15, 0.2) is 0 Å². The Balaban J connectivity index is 3.14. The van der Waals surface area contributed by atoms with E-state index in [9.17, 15) is 14.4 Å². The molecular formula is C16H24N2O5. The fourth-order valence-corrected chi connectivity index (χ4v) is 2.62. The van der Waals surface area contributed by atoms with Gasteiger partial charge in [0.05, 0.1) is 13.7 Å². The van der Waals surface area contributed by atoms with E-state index in [1.807, 2.05) is 0 Å². The Morgan fingerprint density at radius 3 is 2.26 bits per heavy atom. The minimum atomic E-state index is -0.491. The Morgan fingerprint density at radius 1 is 1.17 bits per heavy atom. The molecule has 7 heteroatoms. The fourth-order valence-electron chi connectivity index (χ4n) is 2.62. The number of carbonyl (C=O) groups is 3. The van der Waals surface area contributed by atoms with E-state index < -0.39 is 5.97 Å². The van der Waals surface area contributed by atoms with Crippen LogP contribution >= 0.6 is 0 Å². The van der Waals surface area contributed by atoms with Crippen molar-refractivity contribution in [2.24, 2.45) is 7.05 Å². The fraction of sp³-hybridized carbons (Fsp3) is 0.562. The number of amides is 1. The predicted molar refractivity (Wildman–Crippen MR) is 84.7 cm³/mol. The second-order valence-corrected chi connectivity index (χ2v) is 5.25. The lowest BCUT2D eigenvalue weighted by Crippen LogP contribution is -2.38. The first-order chi connectivity index (χ1) is 10.8. The standard InChI is InChI=1S/C16H24N2O5/c1-7-18(13(20)9-22-5)8-12(19)14-10(2)15(16(21)23-6)17(4)11(14)3/h7-9H2,1-6H3. The molecule has 0 N–H and O–H groups in total. The van der Waals surface area contributed by atoms with Crippen LogP contribution in [-0.2, 0) is 21.3 Å². The van der Waals surface area contributed by atoms with Crippen molar-refractivity contribution in [2.75, 3.05) is 33.9 Å². The van der Waals surface area contributed by atoms with E-state index >= 15 is 0 Å². The lowest BCUT2D eigenvalue weighted by atomic mass is 10.1. The quantitative estimate of drug-likeness (QED) is 0.554. The number of nitrogens with zero attached hydrogens (tertiary/aromatic N) is 2. The third-order valence-electron chi connectivity index (χ3n) is 3.92. The number of Topliss-reactive ketones (excluding diaryl/α,β-unsaturated/α-hetero) is 1. The number of methoxy groups -OCH3 is 2. The summed E-state index contributed by atoms with van der Waals surface area (Å²) in [6.45, 7) is 5.56. The number of hydrogen-bond donors (Lipinski definition) is 0. The number of esters is 1. The molecule has 0 aliphatic heterocycles. The summed E-state index contributed by atoms with van der Waals surface area (Å²) >= 11 is 0. The van der Waals surface area contributed by atoms with Gasteiger partial charge in [-0.15, -0.1) is 0 Å². The van der Waals surface area contributed by atoms with Crippen LogP contribution in [0, 0.1) is 13.8 Å². The van der Waals surface area contributed by atoms with Crippen molar-refractivity contribution in [3.63, 3.8) is 0 Å². The first-order valence-corrected chi connectivity index (χ1v) is 7.34. The summed E-state index contributed by atoms with van der Waals surface area (Å²) in [5.41, 5.74) is 2.04. The highest BCUT2D eigenvalue weighted by Crippen LogP contribution is 2.22. The maximum Gasteiger partial charge on any atom is 0.354 e. The molecule has 23 heavy (non-hydrogen) atoms. The highest BCUT2D eigenvalue weighted by molar-refractivity contribution is 6.04. The Kier molecular flexibility index (Phi) is 6.50. The van der Waals surface area contributed by atoms with Crippen LogP contribution in [0.4, 0.5) is 0 Å². The topological polar surface area (TPSA) is 77.8 Å². The number of hydrogen-bond acceptors (Lipinski definition) is 5. The monoisotopic (exact) mass is 324 g/mol. The SMILES string of the molecule is CCN(CC(=O)c1c(C)c(C(=O)OC)n(C)c1C)C(=O)COC. The largest absolute Gasteiger partial charge is 0.464 e. The zero-order valence-corrected chi connectivity index (χ0v) is 14.6. The number of aromatic nitrogens is 1. The molecule has 0 atom stereocenters. The maximum absolute atomic E-state index is 12.6. The Hall–Kier alpha value is -2.15. The van der Waals surface area contributed by atoms with Crippen molar-refractivity contribution in [1.82, 2.24) is 9.47 Å². The van der Waals surface area contributed by atoms with Crippen LogP contribution < -0.4 is 0 Å². The average molecular weight is 324 g/mol. The van der Waals surface area contributed by atoms with E-state index in [0.29, 0.717) is 29.1 Å². The molecule has 1 aromatic heterocycles. The lowest BCUT2D eigenvalue weighted by Gasteiger charge is -2.19. The number of rotatable bonds is 7. The Labute approximate surface area is 136 Å². The number of likely N-dealkylation sites (N-methyl/N-ethyl adjacent to an activating group) is 1. The van der Waals surface area contributed by atoms with Gasteiger partial charge in [0.1, 0.15) is 12.3 Å². The van der Waals surface area contributed by atoms with Gasteiger partial charge in [0, 0.05) is 32.0 Å². The summed E-state index contributed by atoms with van der Waals surface area (Å²) in [6.07, 6.45) is 0.